The van der Waals surface area contributed by atoms with Crippen molar-refractivity contribution in [2.75, 3.05) is 13.1 Å². The Bertz CT molecular complexity index is 980. The number of carbonyl (C=O) groups excluding carboxylic acids is 1. The molecule has 1 aliphatic heterocycles. The van der Waals surface area contributed by atoms with Gasteiger partial charge in [-0.15, -0.1) is 5.11 Å². The second-order valence-electron chi connectivity index (χ2n) is 8.08. The van der Waals surface area contributed by atoms with Crippen LogP contribution in [-0.4, -0.2) is 79.1 Å². The zero-order chi connectivity index (χ0) is 23.7. The number of nitrogens with zero attached hydrogens (tertiary/aromatic N) is 2. The van der Waals surface area contributed by atoms with Crippen molar-refractivity contribution in [2.24, 2.45) is 0 Å². The molecule has 1 aromatic heterocycles. The molecule has 1 fully saturated rings. The summed E-state index contributed by atoms with van der Waals surface area (Å²) >= 11 is 5.75. The van der Waals surface area contributed by atoms with Gasteiger partial charge in [0.1, 0.15) is 11.5 Å². The van der Waals surface area contributed by atoms with Crippen molar-refractivity contribution in [3.05, 3.63) is 64.2 Å². The van der Waals surface area contributed by atoms with Crippen LogP contribution in [-0.2, 0) is 11.7 Å². The Kier molecular flexibility index (Phi) is 7.21. The van der Waals surface area contributed by atoms with E-state index in [9.17, 15) is 9.18 Å². The minimum absolute atomic E-state index is 0.0840. The lowest BCUT2D eigenvalue weighted by atomic mass is 9.40. The van der Waals surface area contributed by atoms with Crippen molar-refractivity contribution in [1.82, 2.24) is 15.2 Å². The molecule has 2 aromatic rings. The van der Waals surface area contributed by atoms with Gasteiger partial charge in [0, 0.05) is 31.4 Å². The number of rotatable bonds is 6. The number of alkyl halides is 1. The van der Waals surface area contributed by atoms with Crippen molar-refractivity contribution in [3.8, 4) is 0 Å². The van der Waals surface area contributed by atoms with E-state index in [4.69, 9.17) is 50.8 Å². The van der Waals surface area contributed by atoms with E-state index in [1.807, 2.05) is 0 Å². The molecule has 1 aliphatic rings. The molecular weight excluding hydrogens is 426 g/mol. The zero-order valence-corrected chi connectivity index (χ0v) is 18.1. The van der Waals surface area contributed by atoms with Crippen molar-refractivity contribution in [3.63, 3.8) is 0 Å². The van der Waals surface area contributed by atoms with E-state index in [1.165, 1.54) is 23.2 Å². The lowest BCUT2D eigenvalue weighted by Crippen LogP contribution is -2.65. The van der Waals surface area contributed by atoms with E-state index in [-0.39, 0.29) is 49.0 Å². The predicted octanol–water partition coefficient (Wildman–Crippen LogP) is 1.21. The molecule has 3 rings (SSSR count). The predicted molar refractivity (Wildman–Crippen MR) is 125 cm³/mol. The third-order valence-electron chi connectivity index (χ3n) is 5.64. The third-order valence-corrected chi connectivity index (χ3v) is 5.93. The number of carbonyl (C=O) groups is 1. The summed E-state index contributed by atoms with van der Waals surface area (Å²) in [5.74, 6) is -0.995. The third kappa shape index (κ3) is 5.42. The highest BCUT2D eigenvalue weighted by Gasteiger charge is 2.46. The van der Waals surface area contributed by atoms with E-state index in [1.54, 1.807) is 12.1 Å². The van der Waals surface area contributed by atoms with Crippen LogP contribution in [0.5, 0.6) is 0 Å². The van der Waals surface area contributed by atoms with Gasteiger partial charge in [0.25, 0.3) is 5.91 Å². The Morgan fingerprint density at radius 3 is 2.34 bits per heavy atom. The average Bonchev–Trinajstić information content (AvgIpc) is 2.74. The molecule has 12 heteroatoms. The minimum Gasteiger partial charge on any atom is -0.338 e. The summed E-state index contributed by atoms with van der Waals surface area (Å²) in [5.41, 5.74) is -0.804. The Hall–Kier alpha value is -1.73. The van der Waals surface area contributed by atoms with Gasteiger partial charge in [-0.3, -0.25) is 9.78 Å². The maximum Gasteiger partial charge on any atom is 0.253 e. The molecule has 4 nitrogen and oxygen atoms in total. The zero-order valence-electron chi connectivity index (χ0n) is 17.3. The van der Waals surface area contributed by atoms with Gasteiger partial charge in [-0.2, -0.15) is 0 Å². The number of aromatic nitrogens is 1. The van der Waals surface area contributed by atoms with Crippen LogP contribution < -0.4 is 5.32 Å². The fourth-order valence-electron chi connectivity index (χ4n) is 3.47. The Morgan fingerprint density at radius 1 is 1.16 bits per heavy atom. The molecule has 1 amide bonds. The van der Waals surface area contributed by atoms with Crippen molar-refractivity contribution in [1.29, 1.82) is 0 Å². The highest BCUT2D eigenvalue weighted by atomic mass is 35.5. The van der Waals surface area contributed by atoms with Crippen molar-refractivity contribution < 1.29 is 13.6 Å². The topological polar surface area (TPSA) is 45.2 Å². The molecule has 0 bridgehead atoms. The second-order valence-corrected chi connectivity index (χ2v) is 8.49. The summed E-state index contributed by atoms with van der Waals surface area (Å²) in [6.45, 7) is 0.254. The van der Waals surface area contributed by atoms with Crippen LogP contribution in [0.1, 0.15) is 34.5 Å². The molecule has 1 aromatic carbocycles. The molecule has 154 valence electrons. The van der Waals surface area contributed by atoms with Crippen LogP contribution in [0, 0.1) is 5.82 Å². The van der Waals surface area contributed by atoms with Crippen LogP contribution in [0.15, 0.2) is 36.5 Å². The number of amides is 1. The molecule has 2 heterocycles. The number of likely N-dealkylation sites (tertiary alicyclic amines) is 1. The number of hydrogen-bond acceptors (Lipinski definition) is 3. The molecule has 1 saturated heterocycles. The highest BCUT2D eigenvalue weighted by Crippen LogP contribution is 2.34. The summed E-state index contributed by atoms with van der Waals surface area (Å²) in [4.78, 5) is 18.3. The molecule has 10 radical (unpaired) electrons. The maximum atomic E-state index is 15.6. The quantitative estimate of drug-likeness (QED) is 0.684. The van der Waals surface area contributed by atoms with Crippen LogP contribution in [0.4, 0.5) is 8.78 Å². The van der Waals surface area contributed by atoms with Gasteiger partial charge in [0.2, 0.25) is 0 Å². The highest BCUT2D eigenvalue weighted by molar-refractivity contribution is 6.58. The van der Waals surface area contributed by atoms with E-state index in [0.29, 0.717) is 11.3 Å². The molecule has 0 aliphatic carbocycles. The van der Waals surface area contributed by atoms with Gasteiger partial charge in [0.15, 0.2) is 0 Å². The largest absolute Gasteiger partial charge is 0.338 e. The van der Waals surface area contributed by atoms with Crippen molar-refractivity contribution >= 4 is 56.7 Å². The molecule has 0 atom stereocenters. The standard InChI is InChI=1S/C20H17B5ClF2N3O/c21-19(22,23)13-2-3-14(29-10-13)11-30-20(24,25)18(28)5-7-31(8-6-18)17(32)12-1-4-16(27)15(26)9-12/h1-4,9-10,30H,5-8,11H2. The SMILES string of the molecule is [B]C([B])([B])c1ccc(CNC([B])([B])C2(F)CCN(C(=O)c3ccc(F)c(Cl)c3)CC2)nc1. The molecule has 0 saturated carbocycles. The van der Waals surface area contributed by atoms with E-state index in [2.05, 4.69) is 10.3 Å². The molecule has 0 spiro atoms. The van der Waals surface area contributed by atoms with Gasteiger partial charge in [0.05, 0.1) is 49.9 Å². The first-order chi connectivity index (χ1) is 14.8. The van der Waals surface area contributed by atoms with Crippen molar-refractivity contribution in [2.45, 2.75) is 35.5 Å². The Balaban J connectivity index is 1.60. The van der Waals surface area contributed by atoms with Gasteiger partial charge in [-0.25, -0.2) is 8.78 Å². The monoisotopic (exact) mass is 443 g/mol. The summed E-state index contributed by atoms with van der Waals surface area (Å²) in [6.07, 6.45) is 1.24. The van der Waals surface area contributed by atoms with Gasteiger partial charge < -0.3 is 10.2 Å². The second kappa shape index (κ2) is 9.26. The Labute approximate surface area is 198 Å². The number of halogens is 3. The summed E-state index contributed by atoms with van der Waals surface area (Å²) in [6, 6.07) is 6.93. The molecule has 32 heavy (non-hydrogen) atoms. The van der Waals surface area contributed by atoms with Gasteiger partial charge >= 0.3 is 0 Å². The molecule has 0 unspecified atom stereocenters. The lowest BCUT2D eigenvalue weighted by Gasteiger charge is -2.47. The normalized spacial score (nSPS) is 16.7. The van der Waals surface area contributed by atoms with Crippen LogP contribution in [0.25, 0.3) is 0 Å². The summed E-state index contributed by atoms with van der Waals surface area (Å²) in [5, 5.41) is -0.751. The Morgan fingerprint density at radius 2 is 1.81 bits per heavy atom. The first-order valence-electron chi connectivity index (χ1n) is 9.90. The van der Waals surface area contributed by atoms with Crippen LogP contribution in [0.3, 0.4) is 0 Å². The first-order valence-corrected chi connectivity index (χ1v) is 10.3. The first kappa shape index (κ1) is 24.9. The number of pyridine rings is 1. The van der Waals surface area contributed by atoms with Gasteiger partial charge in [-0.1, -0.05) is 17.7 Å². The van der Waals surface area contributed by atoms with E-state index >= 15 is 4.39 Å². The summed E-state index contributed by atoms with van der Waals surface area (Å²) < 4.78 is 29.0. The minimum atomic E-state index is -1.98. The fraction of sp³-hybridized carbons (Fsp3) is 0.400. The number of hydrogen-bond donors (Lipinski definition) is 1. The lowest BCUT2D eigenvalue weighted by molar-refractivity contribution is 0.0292. The van der Waals surface area contributed by atoms with E-state index in [0.717, 1.165) is 6.07 Å². The summed E-state index contributed by atoms with van der Waals surface area (Å²) in [7, 11) is 29.0. The van der Waals surface area contributed by atoms with Crippen LogP contribution >= 0.6 is 11.6 Å². The number of nitrogens with one attached hydrogen (secondary N) is 1. The fourth-order valence-corrected chi connectivity index (χ4v) is 3.65. The number of benzene rings is 1. The molecular formula is C20H17B5ClF2N3O. The maximum absolute atomic E-state index is 15.6. The van der Waals surface area contributed by atoms with Gasteiger partial charge in [-0.05, 0) is 48.0 Å². The van der Waals surface area contributed by atoms with Crippen LogP contribution in [0.2, 0.25) is 5.02 Å². The number of piperidine rings is 1. The molecule has 1 N–H and O–H groups in total. The average molecular weight is 443 g/mol. The van der Waals surface area contributed by atoms with E-state index < -0.39 is 21.9 Å². The smallest absolute Gasteiger partial charge is 0.253 e.